The molecule has 29 heavy (non-hydrogen) atoms. The number of benzene rings is 1. The third-order valence-electron chi connectivity index (χ3n) is 5.30. The molecular formula is C20H27N5O4. The Morgan fingerprint density at radius 1 is 1.24 bits per heavy atom. The predicted molar refractivity (Wildman–Crippen MR) is 107 cm³/mol. The number of aliphatic hydroxyl groups excluding tert-OH is 1. The molecule has 0 spiro atoms. The Balaban J connectivity index is 1.49. The second-order valence-corrected chi connectivity index (χ2v) is 7.53. The van der Waals surface area contributed by atoms with Crippen LogP contribution in [-0.4, -0.2) is 49.8 Å². The molecule has 0 unspecified atom stereocenters. The van der Waals surface area contributed by atoms with Gasteiger partial charge in [0.15, 0.2) is 0 Å². The van der Waals surface area contributed by atoms with Crippen LogP contribution in [0.15, 0.2) is 24.3 Å². The highest BCUT2D eigenvalue weighted by molar-refractivity contribution is 5.75. The molecule has 156 valence electrons. The van der Waals surface area contributed by atoms with E-state index in [-0.39, 0.29) is 24.2 Å². The van der Waals surface area contributed by atoms with Gasteiger partial charge in [-0.3, -0.25) is 24.5 Å². The van der Waals surface area contributed by atoms with Gasteiger partial charge in [0, 0.05) is 26.2 Å². The standard InChI is InChI=1S/C20H27N5O4/c1-14-20(25(28)29)15(2)24(22-14)13-19(27)21-11-16-3-5-17(6-4-16)12-23-9-7-18(26)8-10-23/h3-6,18,26H,7-13H2,1-2H3,(H,21,27). The molecule has 0 atom stereocenters. The van der Waals surface area contributed by atoms with Crippen LogP contribution in [0.2, 0.25) is 0 Å². The fraction of sp³-hybridized carbons (Fsp3) is 0.500. The third kappa shape index (κ3) is 5.39. The number of nitrogens with zero attached hydrogens (tertiary/aromatic N) is 4. The number of amides is 1. The number of hydrogen-bond donors (Lipinski definition) is 2. The fourth-order valence-electron chi connectivity index (χ4n) is 3.60. The van der Waals surface area contributed by atoms with Gasteiger partial charge in [0.2, 0.25) is 5.91 Å². The van der Waals surface area contributed by atoms with E-state index in [1.807, 2.05) is 12.1 Å². The van der Waals surface area contributed by atoms with Crippen LogP contribution < -0.4 is 5.32 Å². The van der Waals surface area contributed by atoms with E-state index >= 15 is 0 Å². The minimum Gasteiger partial charge on any atom is -0.393 e. The summed E-state index contributed by atoms with van der Waals surface area (Å²) in [6.45, 7) is 6.15. The Kier molecular flexibility index (Phi) is 6.60. The third-order valence-corrected chi connectivity index (χ3v) is 5.30. The molecule has 1 amide bonds. The summed E-state index contributed by atoms with van der Waals surface area (Å²) in [7, 11) is 0. The van der Waals surface area contributed by atoms with E-state index in [9.17, 15) is 20.0 Å². The first kappa shape index (κ1) is 20.9. The van der Waals surface area contributed by atoms with Crippen molar-refractivity contribution in [2.24, 2.45) is 0 Å². The Hall–Kier alpha value is -2.78. The zero-order valence-electron chi connectivity index (χ0n) is 16.8. The molecule has 1 saturated heterocycles. The number of carbonyl (C=O) groups is 1. The molecule has 1 fully saturated rings. The normalized spacial score (nSPS) is 15.4. The lowest BCUT2D eigenvalue weighted by atomic mass is 10.1. The number of nitro groups is 1. The number of hydrogen-bond acceptors (Lipinski definition) is 6. The first-order valence-corrected chi connectivity index (χ1v) is 9.77. The van der Waals surface area contributed by atoms with E-state index in [1.54, 1.807) is 13.8 Å². The van der Waals surface area contributed by atoms with Gasteiger partial charge in [-0.05, 0) is 37.8 Å². The highest BCUT2D eigenvalue weighted by atomic mass is 16.6. The number of rotatable bonds is 7. The Morgan fingerprint density at radius 3 is 2.45 bits per heavy atom. The summed E-state index contributed by atoms with van der Waals surface area (Å²) in [6.07, 6.45) is 1.48. The van der Waals surface area contributed by atoms with E-state index in [1.165, 1.54) is 10.2 Å². The molecule has 0 radical (unpaired) electrons. The molecule has 0 aliphatic carbocycles. The molecule has 9 heteroatoms. The van der Waals surface area contributed by atoms with Gasteiger partial charge in [-0.15, -0.1) is 0 Å². The predicted octanol–water partition coefficient (Wildman–Crippen LogP) is 1.68. The van der Waals surface area contributed by atoms with Crippen LogP contribution in [0.25, 0.3) is 0 Å². The van der Waals surface area contributed by atoms with Crippen molar-refractivity contribution >= 4 is 11.6 Å². The Labute approximate surface area is 169 Å². The number of aromatic nitrogens is 2. The molecule has 1 aromatic heterocycles. The molecule has 0 bridgehead atoms. The molecule has 1 aliphatic rings. The van der Waals surface area contributed by atoms with Gasteiger partial charge in [-0.1, -0.05) is 24.3 Å². The zero-order valence-corrected chi connectivity index (χ0v) is 16.8. The van der Waals surface area contributed by atoms with Crippen molar-refractivity contribution in [3.05, 3.63) is 56.9 Å². The number of nitrogens with one attached hydrogen (secondary N) is 1. The molecule has 2 N–H and O–H groups in total. The number of carbonyl (C=O) groups excluding carboxylic acids is 1. The second kappa shape index (κ2) is 9.15. The van der Waals surface area contributed by atoms with Crippen LogP contribution in [0.3, 0.4) is 0 Å². The second-order valence-electron chi connectivity index (χ2n) is 7.53. The van der Waals surface area contributed by atoms with Gasteiger partial charge < -0.3 is 10.4 Å². The Bertz CT molecular complexity index is 870. The molecule has 2 heterocycles. The summed E-state index contributed by atoms with van der Waals surface area (Å²) in [5, 5.41) is 27.6. The van der Waals surface area contributed by atoms with Gasteiger partial charge in [0.1, 0.15) is 17.9 Å². The molecule has 3 rings (SSSR count). The molecule has 9 nitrogen and oxygen atoms in total. The molecule has 1 aliphatic heterocycles. The first-order valence-electron chi connectivity index (χ1n) is 9.77. The van der Waals surface area contributed by atoms with Crippen molar-refractivity contribution < 1.29 is 14.8 Å². The smallest absolute Gasteiger partial charge is 0.312 e. The van der Waals surface area contributed by atoms with Crippen molar-refractivity contribution in [1.82, 2.24) is 20.0 Å². The van der Waals surface area contributed by atoms with Crippen LogP contribution in [-0.2, 0) is 24.4 Å². The number of aryl methyl sites for hydroxylation is 1. The lowest BCUT2D eigenvalue weighted by Crippen LogP contribution is -2.35. The number of aliphatic hydroxyl groups is 1. The highest BCUT2D eigenvalue weighted by Crippen LogP contribution is 2.21. The van der Waals surface area contributed by atoms with Gasteiger partial charge in [-0.2, -0.15) is 5.10 Å². The lowest BCUT2D eigenvalue weighted by molar-refractivity contribution is -0.386. The van der Waals surface area contributed by atoms with Gasteiger partial charge in [0.25, 0.3) is 0 Å². The lowest BCUT2D eigenvalue weighted by Gasteiger charge is -2.29. The first-order chi connectivity index (χ1) is 13.8. The maximum Gasteiger partial charge on any atom is 0.312 e. The van der Waals surface area contributed by atoms with Gasteiger partial charge in [-0.25, -0.2) is 0 Å². The summed E-state index contributed by atoms with van der Waals surface area (Å²) >= 11 is 0. The topological polar surface area (TPSA) is 114 Å². The summed E-state index contributed by atoms with van der Waals surface area (Å²) in [5.41, 5.74) is 2.81. The molecule has 1 aromatic carbocycles. The van der Waals surface area contributed by atoms with E-state index in [0.717, 1.165) is 38.0 Å². The number of piperidine rings is 1. The maximum absolute atomic E-state index is 12.2. The SMILES string of the molecule is Cc1nn(CC(=O)NCc2ccc(CN3CCC(O)CC3)cc2)c(C)c1[N+](=O)[O-]. The average Bonchev–Trinajstić information content (AvgIpc) is 2.96. The highest BCUT2D eigenvalue weighted by Gasteiger charge is 2.22. The summed E-state index contributed by atoms with van der Waals surface area (Å²) in [6, 6.07) is 8.08. The largest absolute Gasteiger partial charge is 0.393 e. The van der Waals surface area contributed by atoms with E-state index in [2.05, 4.69) is 27.4 Å². The van der Waals surface area contributed by atoms with Crippen molar-refractivity contribution in [3.63, 3.8) is 0 Å². The van der Waals surface area contributed by atoms with Gasteiger partial charge >= 0.3 is 5.69 Å². The summed E-state index contributed by atoms with van der Waals surface area (Å²) in [5.74, 6) is -0.249. The minimum atomic E-state index is -0.473. The van der Waals surface area contributed by atoms with E-state index in [0.29, 0.717) is 17.9 Å². The molecular weight excluding hydrogens is 374 g/mol. The molecule has 2 aromatic rings. The monoisotopic (exact) mass is 401 g/mol. The quantitative estimate of drug-likeness (QED) is 0.539. The van der Waals surface area contributed by atoms with Crippen molar-refractivity contribution in [3.8, 4) is 0 Å². The number of likely N-dealkylation sites (tertiary alicyclic amines) is 1. The van der Waals surface area contributed by atoms with Crippen LogP contribution >= 0.6 is 0 Å². The zero-order chi connectivity index (χ0) is 21.0. The van der Waals surface area contributed by atoms with Gasteiger partial charge in [0.05, 0.1) is 11.0 Å². The minimum absolute atomic E-state index is 0.0448. The average molecular weight is 401 g/mol. The fourth-order valence-corrected chi connectivity index (χ4v) is 3.60. The maximum atomic E-state index is 12.2. The van der Waals surface area contributed by atoms with Crippen LogP contribution in [0.5, 0.6) is 0 Å². The van der Waals surface area contributed by atoms with Crippen molar-refractivity contribution in [2.45, 2.75) is 52.4 Å². The van der Waals surface area contributed by atoms with Crippen molar-refractivity contribution in [1.29, 1.82) is 0 Å². The van der Waals surface area contributed by atoms with E-state index < -0.39 is 4.92 Å². The Morgan fingerprint density at radius 2 is 1.86 bits per heavy atom. The van der Waals surface area contributed by atoms with E-state index in [4.69, 9.17) is 0 Å². The summed E-state index contributed by atoms with van der Waals surface area (Å²) in [4.78, 5) is 25.1. The van der Waals surface area contributed by atoms with Crippen LogP contribution in [0, 0.1) is 24.0 Å². The summed E-state index contributed by atoms with van der Waals surface area (Å²) < 4.78 is 1.36. The van der Waals surface area contributed by atoms with Crippen molar-refractivity contribution in [2.75, 3.05) is 13.1 Å². The molecule has 0 saturated carbocycles. The van der Waals surface area contributed by atoms with Crippen LogP contribution in [0.4, 0.5) is 5.69 Å². The van der Waals surface area contributed by atoms with Crippen LogP contribution in [0.1, 0.15) is 35.4 Å².